The number of fused-ring (bicyclic) bond motifs is 1. The zero-order valence-electron chi connectivity index (χ0n) is 18.4. The van der Waals surface area contributed by atoms with E-state index in [9.17, 15) is 14.4 Å². The van der Waals surface area contributed by atoms with Crippen molar-refractivity contribution >= 4 is 52.0 Å². The molecule has 0 bridgehead atoms. The number of nitrogens with zero attached hydrogens (tertiary/aromatic N) is 1. The van der Waals surface area contributed by atoms with Crippen LogP contribution in [0.25, 0.3) is 16.8 Å². The van der Waals surface area contributed by atoms with Gasteiger partial charge in [0.2, 0.25) is 0 Å². The van der Waals surface area contributed by atoms with Crippen molar-refractivity contribution in [2.45, 2.75) is 6.61 Å². The number of carbonyl (C=O) groups is 3. The lowest BCUT2D eigenvalue weighted by Gasteiger charge is -2.26. The monoisotopic (exact) mass is 482 g/mol. The molecule has 1 heterocycles. The molecule has 1 aliphatic rings. The summed E-state index contributed by atoms with van der Waals surface area (Å²) in [6.45, 7) is 0.404. The van der Waals surface area contributed by atoms with Gasteiger partial charge in [0, 0.05) is 5.02 Å². The number of carbonyl (C=O) groups excluding carboxylic acids is 3. The molecule has 4 aromatic carbocycles. The first-order chi connectivity index (χ1) is 17.0. The van der Waals surface area contributed by atoms with Crippen molar-refractivity contribution in [2.75, 3.05) is 4.90 Å². The van der Waals surface area contributed by atoms with E-state index in [4.69, 9.17) is 16.3 Å². The van der Waals surface area contributed by atoms with Gasteiger partial charge < -0.3 is 4.74 Å². The van der Waals surface area contributed by atoms with E-state index in [1.165, 1.54) is 18.2 Å². The van der Waals surface area contributed by atoms with Gasteiger partial charge in [0.05, 0.1) is 5.69 Å². The Morgan fingerprint density at radius 3 is 2.31 bits per heavy atom. The van der Waals surface area contributed by atoms with Crippen LogP contribution in [0.4, 0.5) is 10.5 Å². The molecule has 1 saturated heterocycles. The van der Waals surface area contributed by atoms with Crippen LogP contribution in [0.5, 0.6) is 5.75 Å². The average Bonchev–Trinajstić information content (AvgIpc) is 2.87. The van der Waals surface area contributed by atoms with Crippen molar-refractivity contribution in [1.82, 2.24) is 5.32 Å². The predicted molar refractivity (Wildman–Crippen MR) is 135 cm³/mol. The van der Waals surface area contributed by atoms with Gasteiger partial charge in [-0.15, -0.1) is 0 Å². The van der Waals surface area contributed by atoms with E-state index in [1.807, 2.05) is 24.3 Å². The summed E-state index contributed by atoms with van der Waals surface area (Å²) < 4.78 is 5.96. The van der Waals surface area contributed by atoms with Crippen molar-refractivity contribution in [3.63, 3.8) is 0 Å². The van der Waals surface area contributed by atoms with Gasteiger partial charge >= 0.3 is 6.03 Å². The van der Waals surface area contributed by atoms with Gasteiger partial charge in [0.25, 0.3) is 11.8 Å². The molecule has 4 aromatic rings. The minimum Gasteiger partial charge on any atom is -0.489 e. The highest BCUT2D eigenvalue weighted by atomic mass is 35.5. The molecule has 1 aliphatic heterocycles. The summed E-state index contributed by atoms with van der Waals surface area (Å²) in [5.41, 5.74) is 1.86. The number of rotatable bonds is 5. The molecule has 1 N–H and O–H groups in total. The number of hydrogen-bond donors (Lipinski definition) is 1. The lowest BCUT2D eigenvalue weighted by atomic mass is 10.1. The number of urea groups is 1. The number of ether oxygens (including phenoxy) is 1. The Morgan fingerprint density at radius 1 is 0.829 bits per heavy atom. The van der Waals surface area contributed by atoms with E-state index in [-0.39, 0.29) is 5.57 Å². The van der Waals surface area contributed by atoms with Crippen LogP contribution in [-0.4, -0.2) is 17.8 Å². The molecule has 0 unspecified atom stereocenters. The van der Waals surface area contributed by atoms with Crippen LogP contribution in [0, 0.1) is 0 Å². The first-order valence-electron chi connectivity index (χ1n) is 10.9. The van der Waals surface area contributed by atoms with Gasteiger partial charge in [-0.2, -0.15) is 0 Å². The van der Waals surface area contributed by atoms with Gasteiger partial charge in [-0.1, -0.05) is 66.2 Å². The van der Waals surface area contributed by atoms with Crippen LogP contribution in [0.3, 0.4) is 0 Å². The average molecular weight is 483 g/mol. The SMILES string of the molecule is O=C1NC(=O)N(c2ccc(Cl)cc2)C(=O)/C1=C\c1ccc(OCc2cccc3ccccc23)cc1. The lowest BCUT2D eigenvalue weighted by Crippen LogP contribution is -2.54. The number of benzene rings is 4. The number of hydrogen-bond acceptors (Lipinski definition) is 4. The van der Waals surface area contributed by atoms with Crippen LogP contribution >= 0.6 is 11.6 Å². The Labute approximate surface area is 206 Å². The molecule has 1 fully saturated rings. The molecule has 0 aliphatic carbocycles. The third kappa shape index (κ3) is 4.65. The van der Waals surface area contributed by atoms with Crippen molar-refractivity contribution in [2.24, 2.45) is 0 Å². The number of imide groups is 2. The molecule has 0 aromatic heterocycles. The molecule has 6 nitrogen and oxygen atoms in total. The zero-order valence-corrected chi connectivity index (χ0v) is 19.2. The second-order valence-corrected chi connectivity index (χ2v) is 8.37. The van der Waals surface area contributed by atoms with Crippen LogP contribution in [-0.2, 0) is 16.2 Å². The second kappa shape index (κ2) is 9.44. The summed E-state index contributed by atoms with van der Waals surface area (Å²) in [5.74, 6) is -0.809. The summed E-state index contributed by atoms with van der Waals surface area (Å²) in [4.78, 5) is 38.6. The van der Waals surface area contributed by atoms with Crippen LogP contribution in [0.1, 0.15) is 11.1 Å². The Balaban J connectivity index is 1.33. The third-order valence-corrected chi connectivity index (χ3v) is 5.90. The van der Waals surface area contributed by atoms with Crippen molar-refractivity contribution in [3.05, 3.63) is 113 Å². The van der Waals surface area contributed by atoms with E-state index in [0.29, 0.717) is 28.6 Å². The first kappa shape index (κ1) is 22.4. The molecule has 172 valence electrons. The third-order valence-electron chi connectivity index (χ3n) is 5.65. The summed E-state index contributed by atoms with van der Waals surface area (Å²) in [6, 6.07) is 26.6. The van der Waals surface area contributed by atoms with Gasteiger partial charge in [0.1, 0.15) is 17.9 Å². The molecule has 0 saturated carbocycles. The molecule has 5 rings (SSSR count). The number of barbiturate groups is 1. The highest BCUT2D eigenvalue weighted by Crippen LogP contribution is 2.25. The minimum atomic E-state index is -0.809. The zero-order chi connectivity index (χ0) is 24.4. The van der Waals surface area contributed by atoms with Gasteiger partial charge in [-0.05, 0) is 64.4 Å². The van der Waals surface area contributed by atoms with E-state index < -0.39 is 17.8 Å². The summed E-state index contributed by atoms with van der Waals surface area (Å²) in [7, 11) is 0. The normalized spacial score (nSPS) is 14.9. The van der Waals surface area contributed by atoms with Gasteiger partial charge in [0.15, 0.2) is 0 Å². The molecule has 0 spiro atoms. The maximum Gasteiger partial charge on any atom is 0.335 e. The maximum atomic E-state index is 13.0. The summed E-state index contributed by atoms with van der Waals surface area (Å²) in [6.07, 6.45) is 1.45. The Bertz CT molecular complexity index is 1470. The number of nitrogens with one attached hydrogen (secondary N) is 1. The Kier molecular flexibility index (Phi) is 6.04. The van der Waals surface area contributed by atoms with Crippen LogP contribution in [0.15, 0.2) is 96.6 Å². The number of amides is 4. The van der Waals surface area contributed by atoms with E-state index >= 15 is 0 Å². The largest absolute Gasteiger partial charge is 0.489 e. The molecule has 35 heavy (non-hydrogen) atoms. The molecular weight excluding hydrogens is 464 g/mol. The Morgan fingerprint density at radius 2 is 1.54 bits per heavy atom. The Hall–Kier alpha value is -4.42. The molecule has 4 amide bonds. The quantitative estimate of drug-likeness (QED) is 0.291. The molecule has 0 radical (unpaired) electrons. The predicted octanol–water partition coefficient (Wildman–Crippen LogP) is 5.74. The maximum absolute atomic E-state index is 13.0. The van der Waals surface area contributed by atoms with Gasteiger partial charge in [-0.3, -0.25) is 14.9 Å². The molecule has 7 heteroatoms. The van der Waals surface area contributed by atoms with Gasteiger partial charge in [-0.25, -0.2) is 9.69 Å². The highest BCUT2D eigenvalue weighted by molar-refractivity contribution is 6.39. The van der Waals surface area contributed by atoms with Crippen molar-refractivity contribution < 1.29 is 19.1 Å². The topological polar surface area (TPSA) is 75.7 Å². The standard InChI is InChI=1S/C28H19ClN2O4/c29-21-10-12-22(13-11-21)31-27(33)25(26(32)30-28(31)34)16-18-8-14-23(15-9-18)35-17-20-6-3-5-19-4-1-2-7-24(19)20/h1-16H,17H2,(H,30,32,34)/b25-16-. The fraction of sp³-hybridized carbons (Fsp3) is 0.0357. The van der Waals surface area contributed by atoms with Crippen molar-refractivity contribution in [1.29, 1.82) is 0 Å². The lowest BCUT2D eigenvalue weighted by molar-refractivity contribution is -0.122. The summed E-state index contributed by atoms with van der Waals surface area (Å²) >= 11 is 5.90. The van der Waals surface area contributed by atoms with E-state index in [1.54, 1.807) is 36.4 Å². The fourth-order valence-electron chi connectivity index (χ4n) is 3.89. The van der Waals surface area contributed by atoms with E-state index in [2.05, 4.69) is 23.5 Å². The van der Waals surface area contributed by atoms with Crippen LogP contribution < -0.4 is 15.0 Å². The second-order valence-electron chi connectivity index (χ2n) is 7.93. The van der Waals surface area contributed by atoms with E-state index in [0.717, 1.165) is 21.2 Å². The first-order valence-corrected chi connectivity index (χ1v) is 11.2. The fourth-order valence-corrected chi connectivity index (χ4v) is 4.01. The summed E-state index contributed by atoms with van der Waals surface area (Å²) in [5, 5.41) is 4.96. The molecular formula is C28H19ClN2O4. The number of anilines is 1. The van der Waals surface area contributed by atoms with Crippen LogP contribution in [0.2, 0.25) is 5.02 Å². The number of halogens is 1. The molecule has 0 atom stereocenters. The smallest absolute Gasteiger partial charge is 0.335 e. The minimum absolute atomic E-state index is 0.149. The highest BCUT2D eigenvalue weighted by Gasteiger charge is 2.36. The van der Waals surface area contributed by atoms with Crippen molar-refractivity contribution in [3.8, 4) is 5.75 Å².